The van der Waals surface area contributed by atoms with E-state index in [-0.39, 0.29) is 50.4 Å². The summed E-state index contributed by atoms with van der Waals surface area (Å²) >= 11 is 0. The molecule has 0 unspecified atom stereocenters. The zero-order chi connectivity index (χ0) is 33.3. The van der Waals surface area contributed by atoms with Gasteiger partial charge in [-0.25, -0.2) is 0 Å². The number of fused-ring (bicyclic) bond motifs is 2. The molecule has 1 spiro atoms. The highest BCUT2D eigenvalue weighted by atomic mass is 28.4. The van der Waals surface area contributed by atoms with Crippen LogP contribution in [0.1, 0.15) is 30.0 Å². The van der Waals surface area contributed by atoms with Crippen molar-refractivity contribution in [3.8, 4) is 0 Å². The number of halogens is 1. The fourth-order valence-corrected chi connectivity index (χ4v) is 10.3. The summed E-state index contributed by atoms with van der Waals surface area (Å²) in [5.74, 6) is -1.07. The quantitative estimate of drug-likeness (QED) is 0.248. The van der Waals surface area contributed by atoms with E-state index in [1.54, 1.807) is 27.8 Å². The zero-order valence-corrected chi connectivity index (χ0v) is 28.2. The summed E-state index contributed by atoms with van der Waals surface area (Å²) in [5, 5.41) is 12.9. The summed E-state index contributed by atoms with van der Waals surface area (Å²) in [6, 6.07) is 24.7. The highest BCUT2D eigenvalue weighted by Crippen LogP contribution is 2.60. The molecule has 0 saturated carbocycles. The third kappa shape index (κ3) is 6.25. The average Bonchev–Trinajstić information content (AvgIpc) is 3.48. The predicted molar refractivity (Wildman–Crippen MR) is 181 cm³/mol. The fraction of sp³-hybridized carbons (Fsp3) is 0.417. The fourth-order valence-electron chi connectivity index (χ4n) is 7.76. The summed E-state index contributed by atoms with van der Waals surface area (Å²) < 4.78 is 23.1. The van der Waals surface area contributed by atoms with Crippen LogP contribution in [0.5, 0.6) is 0 Å². The Balaban J connectivity index is 1.30. The molecule has 3 aliphatic heterocycles. The number of ether oxygens (including phenoxy) is 1. The van der Waals surface area contributed by atoms with E-state index < -0.39 is 31.6 Å². The van der Waals surface area contributed by atoms with Crippen molar-refractivity contribution in [2.45, 2.75) is 56.8 Å². The highest BCUT2D eigenvalue weighted by Gasteiger charge is 2.67. The molecule has 0 radical (unpaired) electrons. The third-order valence-corrected chi connectivity index (χ3v) is 12.3. The van der Waals surface area contributed by atoms with Crippen molar-refractivity contribution in [2.75, 3.05) is 42.6 Å². The largest absolute Gasteiger partial charge is 0.395 e. The molecular formula is C36H43FN4O5Si. The Bertz CT molecular complexity index is 1630. The minimum Gasteiger partial charge on any atom is -0.395 e. The molecule has 2 fully saturated rings. The van der Waals surface area contributed by atoms with Gasteiger partial charge in [0.15, 0.2) is 5.60 Å². The number of benzene rings is 3. The van der Waals surface area contributed by atoms with E-state index in [1.165, 1.54) is 0 Å². The number of aliphatic hydroxyl groups excluding tert-OH is 1. The second-order valence-corrected chi connectivity index (χ2v) is 17.1. The van der Waals surface area contributed by atoms with Crippen LogP contribution in [0.3, 0.4) is 0 Å². The Hall–Kier alpha value is -3.90. The first-order valence-corrected chi connectivity index (χ1v) is 19.3. The topological polar surface area (TPSA) is 102 Å². The first-order chi connectivity index (χ1) is 22.5. The van der Waals surface area contributed by atoms with Gasteiger partial charge in [0, 0.05) is 48.9 Å². The predicted octanol–water partition coefficient (Wildman–Crippen LogP) is 4.36. The molecule has 3 aliphatic rings. The third-order valence-electron chi connectivity index (χ3n) is 9.84. The molecule has 11 heteroatoms. The molecule has 248 valence electrons. The lowest BCUT2D eigenvalue weighted by Crippen LogP contribution is -2.48. The van der Waals surface area contributed by atoms with Crippen molar-refractivity contribution in [3.63, 3.8) is 0 Å². The molecule has 2 saturated heterocycles. The summed E-state index contributed by atoms with van der Waals surface area (Å²) in [5.41, 5.74) is 1.85. The zero-order valence-electron chi connectivity index (χ0n) is 27.2. The molecule has 3 aromatic carbocycles. The molecule has 0 aromatic heterocycles. The van der Waals surface area contributed by atoms with E-state index in [0.29, 0.717) is 30.9 Å². The summed E-state index contributed by atoms with van der Waals surface area (Å²) in [7, 11) is -3.48. The SMILES string of the molecule is C[C@H]1[C@H]([Si](C)(C)F)[C@@H](CC(=O)N(CCO)Cc2ccccc2)O[C@]12C(=O)N(Cc1cccc(N3CCNCC3=O)c1)c1ccccc12. The van der Waals surface area contributed by atoms with E-state index in [4.69, 9.17) is 4.74 Å². The number of carbonyl (C=O) groups is 3. The second kappa shape index (κ2) is 13.3. The molecule has 6 rings (SSSR count). The molecule has 3 aromatic rings. The van der Waals surface area contributed by atoms with Crippen LogP contribution in [0.15, 0.2) is 78.9 Å². The number of hydrogen-bond donors (Lipinski definition) is 2. The maximum Gasteiger partial charge on any atom is 0.264 e. The summed E-state index contributed by atoms with van der Waals surface area (Å²) in [6.45, 7) is 7.15. The van der Waals surface area contributed by atoms with Crippen LogP contribution in [-0.4, -0.2) is 75.0 Å². The van der Waals surface area contributed by atoms with Crippen molar-refractivity contribution >= 4 is 37.5 Å². The number of amides is 3. The van der Waals surface area contributed by atoms with Crippen LogP contribution in [0, 0.1) is 5.92 Å². The van der Waals surface area contributed by atoms with Gasteiger partial charge in [-0.15, -0.1) is 0 Å². The standard InChI is InChI=1S/C36H43FN4O5Si/c1-25-34(47(2,3)37)31(21-32(43)39(18-19-42)23-26-10-5-4-6-11-26)46-36(25)29-14-7-8-15-30(29)41(35(36)45)24-27-12-9-13-28(20-27)40-17-16-38-22-33(40)44/h4-15,20,25,31,34,38,42H,16-19,21-24H2,1-3H3/t25-,31+,34-,36+/m0/s1. The molecule has 0 aliphatic carbocycles. The smallest absolute Gasteiger partial charge is 0.264 e. The monoisotopic (exact) mass is 658 g/mol. The molecule has 0 bridgehead atoms. The maximum absolute atomic E-state index is 16.3. The minimum absolute atomic E-state index is 0.00548. The number of hydrogen-bond acceptors (Lipinski definition) is 6. The molecule has 9 nitrogen and oxygen atoms in total. The van der Waals surface area contributed by atoms with Crippen LogP contribution in [0.25, 0.3) is 0 Å². The number of rotatable bonds is 10. The normalized spacial score (nSPS) is 24.2. The van der Waals surface area contributed by atoms with E-state index in [2.05, 4.69) is 5.32 Å². The van der Waals surface area contributed by atoms with Gasteiger partial charge in [-0.2, -0.15) is 0 Å². The number of anilines is 2. The average molecular weight is 659 g/mol. The van der Waals surface area contributed by atoms with E-state index in [9.17, 15) is 19.5 Å². The molecule has 3 amide bonds. The highest BCUT2D eigenvalue weighted by molar-refractivity contribution is 6.72. The summed E-state index contributed by atoms with van der Waals surface area (Å²) in [4.78, 5) is 46.1. The Labute approximate surface area is 276 Å². The lowest BCUT2D eigenvalue weighted by atomic mass is 9.82. The van der Waals surface area contributed by atoms with Gasteiger partial charge in [-0.05, 0) is 42.4 Å². The lowest BCUT2D eigenvalue weighted by Gasteiger charge is -2.31. The maximum atomic E-state index is 16.3. The minimum atomic E-state index is -3.48. The lowest BCUT2D eigenvalue weighted by molar-refractivity contribution is -0.150. The van der Waals surface area contributed by atoms with Gasteiger partial charge in [0.05, 0.1) is 37.9 Å². The first-order valence-electron chi connectivity index (χ1n) is 16.4. The Kier molecular flexibility index (Phi) is 9.35. The Morgan fingerprint density at radius 2 is 1.79 bits per heavy atom. The number of piperazine rings is 1. The van der Waals surface area contributed by atoms with Crippen LogP contribution >= 0.6 is 0 Å². The van der Waals surface area contributed by atoms with Gasteiger partial charge in [0.2, 0.25) is 20.2 Å². The first kappa shape index (κ1) is 33.0. The van der Waals surface area contributed by atoms with Gasteiger partial charge in [0.1, 0.15) is 0 Å². The van der Waals surface area contributed by atoms with Gasteiger partial charge >= 0.3 is 0 Å². The van der Waals surface area contributed by atoms with Gasteiger partial charge in [-0.1, -0.05) is 67.6 Å². The number of nitrogens with one attached hydrogen (secondary N) is 1. The molecule has 4 atom stereocenters. The number of para-hydroxylation sites is 1. The Morgan fingerprint density at radius 3 is 2.51 bits per heavy atom. The molecule has 47 heavy (non-hydrogen) atoms. The summed E-state index contributed by atoms with van der Waals surface area (Å²) in [6.07, 6.45) is -0.916. The van der Waals surface area contributed by atoms with E-state index in [1.807, 2.05) is 85.8 Å². The molecular weight excluding hydrogens is 616 g/mol. The number of aliphatic hydroxyl groups is 1. The second-order valence-electron chi connectivity index (χ2n) is 13.3. The number of nitrogens with zero attached hydrogens (tertiary/aromatic N) is 3. The van der Waals surface area contributed by atoms with Crippen molar-refractivity contribution in [1.82, 2.24) is 10.2 Å². The van der Waals surface area contributed by atoms with Gasteiger partial charge in [0.25, 0.3) is 5.91 Å². The molecule has 3 heterocycles. The number of carbonyl (C=O) groups excluding carboxylic acids is 3. The van der Waals surface area contributed by atoms with E-state index >= 15 is 4.11 Å². The van der Waals surface area contributed by atoms with Crippen molar-refractivity contribution in [3.05, 3.63) is 95.6 Å². The van der Waals surface area contributed by atoms with Crippen LogP contribution in [0.2, 0.25) is 18.6 Å². The van der Waals surface area contributed by atoms with Crippen molar-refractivity contribution < 1.29 is 28.3 Å². The van der Waals surface area contributed by atoms with Crippen molar-refractivity contribution in [1.29, 1.82) is 0 Å². The van der Waals surface area contributed by atoms with Gasteiger partial charge in [-0.3, -0.25) is 14.4 Å². The Morgan fingerprint density at radius 1 is 1.06 bits per heavy atom. The van der Waals surface area contributed by atoms with Crippen LogP contribution < -0.4 is 15.1 Å². The van der Waals surface area contributed by atoms with E-state index in [0.717, 1.165) is 16.8 Å². The van der Waals surface area contributed by atoms with Crippen LogP contribution in [-0.2, 0) is 37.8 Å². The van der Waals surface area contributed by atoms with Crippen LogP contribution in [0.4, 0.5) is 15.5 Å². The van der Waals surface area contributed by atoms with Crippen molar-refractivity contribution in [2.24, 2.45) is 5.92 Å². The van der Waals surface area contributed by atoms with Gasteiger partial charge < -0.3 is 34.0 Å². The molecule has 2 N–H and O–H groups in total.